The Kier molecular flexibility index (Phi) is 2.73. The standard InChI is InChI=1S/C9H18N2O/c1-8(12)11-5-4-10-6-9(2,3)7-11/h10H,4-7H2,1-3H3. The molecule has 0 aliphatic carbocycles. The lowest BCUT2D eigenvalue weighted by Gasteiger charge is -2.28. The van der Waals surface area contributed by atoms with Gasteiger partial charge < -0.3 is 10.2 Å². The number of carbonyl (C=O) groups excluding carboxylic acids is 1. The molecule has 1 N–H and O–H groups in total. The Labute approximate surface area is 74.1 Å². The molecule has 0 unspecified atom stereocenters. The van der Waals surface area contributed by atoms with Crippen molar-refractivity contribution in [3.05, 3.63) is 0 Å². The molecule has 0 aromatic rings. The topological polar surface area (TPSA) is 32.3 Å². The van der Waals surface area contributed by atoms with Crippen LogP contribution in [0.2, 0.25) is 0 Å². The minimum Gasteiger partial charge on any atom is -0.341 e. The fraction of sp³-hybridized carbons (Fsp3) is 0.889. The summed E-state index contributed by atoms with van der Waals surface area (Å²) in [4.78, 5) is 13.1. The summed E-state index contributed by atoms with van der Waals surface area (Å²) < 4.78 is 0. The molecule has 0 atom stereocenters. The van der Waals surface area contributed by atoms with E-state index in [2.05, 4.69) is 19.2 Å². The SMILES string of the molecule is CC(=O)N1CCNCC(C)(C)C1. The first-order valence-corrected chi connectivity index (χ1v) is 4.47. The summed E-state index contributed by atoms with van der Waals surface area (Å²) in [6.07, 6.45) is 0. The molecule has 1 rings (SSSR count). The normalized spacial score (nSPS) is 23.4. The lowest BCUT2D eigenvalue weighted by atomic mass is 9.93. The van der Waals surface area contributed by atoms with Gasteiger partial charge in [0.25, 0.3) is 0 Å². The molecule has 0 bridgehead atoms. The van der Waals surface area contributed by atoms with E-state index in [4.69, 9.17) is 0 Å². The molecule has 70 valence electrons. The van der Waals surface area contributed by atoms with Crippen molar-refractivity contribution in [2.45, 2.75) is 20.8 Å². The Morgan fingerprint density at radius 3 is 2.75 bits per heavy atom. The quantitative estimate of drug-likeness (QED) is 0.573. The van der Waals surface area contributed by atoms with Crippen molar-refractivity contribution in [3.8, 4) is 0 Å². The van der Waals surface area contributed by atoms with Crippen LogP contribution in [0, 0.1) is 5.41 Å². The van der Waals surface area contributed by atoms with E-state index in [1.165, 1.54) is 0 Å². The zero-order valence-electron chi connectivity index (χ0n) is 8.18. The molecule has 1 aliphatic rings. The van der Waals surface area contributed by atoms with Gasteiger partial charge in [-0.3, -0.25) is 4.79 Å². The monoisotopic (exact) mass is 170 g/mol. The Hall–Kier alpha value is -0.570. The first-order chi connectivity index (χ1) is 5.51. The second kappa shape index (κ2) is 3.44. The van der Waals surface area contributed by atoms with Gasteiger partial charge in [0.2, 0.25) is 5.91 Å². The molecule has 3 nitrogen and oxygen atoms in total. The Bertz CT molecular complexity index is 177. The number of nitrogens with zero attached hydrogens (tertiary/aromatic N) is 1. The number of rotatable bonds is 0. The maximum atomic E-state index is 11.1. The molecule has 1 aliphatic heterocycles. The van der Waals surface area contributed by atoms with Gasteiger partial charge in [-0.25, -0.2) is 0 Å². The maximum Gasteiger partial charge on any atom is 0.219 e. The van der Waals surface area contributed by atoms with Crippen LogP contribution >= 0.6 is 0 Å². The number of carbonyl (C=O) groups is 1. The smallest absolute Gasteiger partial charge is 0.219 e. The van der Waals surface area contributed by atoms with E-state index in [1.807, 2.05) is 4.90 Å². The average Bonchev–Trinajstić information content (AvgIpc) is 2.10. The van der Waals surface area contributed by atoms with Gasteiger partial charge in [0, 0.05) is 33.1 Å². The van der Waals surface area contributed by atoms with E-state index in [1.54, 1.807) is 6.92 Å². The molecular formula is C9H18N2O. The van der Waals surface area contributed by atoms with Crippen molar-refractivity contribution in [1.29, 1.82) is 0 Å². The third-order valence-electron chi connectivity index (χ3n) is 2.23. The molecule has 0 aromatic carbocycles. The largest absolute Gasteiger partial charge is 0.341 e. The number of nitrogens with one attached hydrogen (secondary N) is 1. The summed E-state index contributed by atoms with van der Waals surface area (Å²) >= 11 is 0. The van der Waals surface area contributed by atoms with E-state index in [9.17, 15) is 4.79 Å². The summed E-state index contributed by atoms with van der Waals surface area (Å²) in [7, 11) is 0. The van der Waals surface area contributed by atoms with Crippen LogP contribution in [0.5, 0.6) is 0 Å². The van der Waals surface area contributed by atoms with Gasteiger partial charge in [-0.05, 0) is 5.41 Å². The molecule has 0 radical (unpaired) electrons. The number of hydrogen-bond acceptors (Lipinski definition) is 2. The molecular weight excluding hydrogens is 152 g/mol. The molecule has 3 heteroatoms. The summed E-state index contributed by atoms with van der Waals surface area (Å²) in [5.74, 6) is 0.187. The summed E-state index contributed by atoms with van der Waals surface area (Å²) in [5.41, 5.74) is 0.210. The van der Waals surface area contributed by atoms with E-state index in [0.29, 0.717) is 0 Å². The van der Waals surface area contributed by atoms with E-state index >= 15 is 0 Å². The highest BCUT2D eigenvalue weighted by Crippen LogP contribution is 2.17. The second-order valence-corrected chi connectivity index (χ2v) is 4.28. The Morgan fingerprint density at radius 2 is 2.17 bits per heavy atom. The predicted molar refractivity (Wildman–Crippen MR) is 48.9 cm³/mol. The van der Waals surface area contributed by atoms with Crippen LogP contribution < -0.4 is 5.32 Å². The minimum absolute atomic E-state index is 0.187. The van der Waals surface area contributed by atoms with Gasteiger partial charge in [0.15, 0.2) is 0 Å². The van der Waals surface area contributed by atoms with Crippen molar-refractivity contribution in [3.63, 3.8) is 0 Å². The first-order valence-electron chi connectivity index (χ1n) is 4.47. The van der Waals surface area contributed by atoms with Crippen molar-refractivity contribution < 1.29 is 4.79 Å². The van der Waals surface area contributed by atoms with Gasteiger partial charge in [0.1, 0.15) is 0 Å². The highest BCUT2D eigenvalue weighted by Gasteiger charge is 2.25. The molecule has 1 saturated heterocycles. The highest BCUT2D eigenvalue weighted by molar-refractivity contribution is 5.73. The van der Waals surface area contributed by atoms with Crippen molar-refractivity contribution in [2.24, 2.45) is 5.41 Å². The molecule has 0 aromatic heterocycles. The summed E-state index contributed by atoms with van der Waals surface area (Å²) in [5, 5.41) is 3.33. The van der Waals surface area contributed by atoms with E-state index in [-0.39, 0.29) is 11.3 Å². The first kappa shape index (κ1) is 9.52. The fourth-order valence-electron chi connectivity index (χ4n) is 1.56. The van der Waals surface area contributed by atoms with Gasteiger partial charge in [-0.2, -0.15) is 0 Å². The molecule has 0 saturated carbocycles. The lowest BCUT2D eigenvalue weighted by Crippen LogP contribution is -2.37. The van der Waals surface area contributed by atoms with Crippen LogP contribution in [0.15, 0.2) is 0 Å². The van der Waals surface area contributed by atoms with Crippen LogP contribution in [-0.4, -0.2) is 37.0 Å². The maximum absolute atomic E-state index is 11.1. The fourth-order valence-corrected chi connectivity index (χ4v) is 1.56. The average molecular weight is 170 g/mol. The number of amides is 1. The molecule has 1 fully saturated rings. The van der Waals surface area contributed by atoms with E-state index in [0.717, 1.165) is 26.2 Å². The van der Waals surface area contributed by atoms with Gasteiger partial charge in [-0.15, -0.1) is 0 Å². The summed E-state index contributed by atoms with van der Waals surface area (Å²) in [6, 6.07) is 0. The van der Waals surface area contributed by atoms with Gasteiger partial charge >= 0.3 is 0 Å². The Morgan fingerprint density at radius 1 is 1.50 bits per heavy atom. The van der Waals surface area contributed by atoms with Gasteiger partial charge in [0.05, 0.1) is 0 Å². The molecule has 1 heterocycles. The van der Waals surface area contributed by atoms with Crippen LogP contribution in [0.3, 0.4) is 0 Å². The third-order valence-corrected chi connectivity index (χ3v) is 2.23. The second-order valence-electron chi connectivity index (χ2n) is 4.28. The van der Waals surface area contributed by atoms with Crippen LogP contribution in [-0.2, 0) is 4.79 Å². The summed E-state index contributed by atoms with van der Waals surface area (Å²) in [6.45, 7) is 9.64. The van der Waals surface area contributed by atoms with Crippen LogP contribution in [0.1, 0.15) is 20.8 Å². The van der Waals surface area contributed by atoms with E-state index < -0.39 is 0 Å². The van der Waals surface area contributed by atoms with Crippen LogP contribution in [0.4, 0.5) is 0 Å². The lowest BCUT2D eigenvalue weighted by molar-refractivity contribution is -0.129. The predicted octanol–water partition coefficient (Wildman–Crippen LogP) is 0.464. The van der Waals surface area contributed by atoms with Crippen molar-refractivity contribution in [1.82, 2.24) is 10.2 Å². The van der Waals surface area contributed by atoms with Gasteiger partial charge in [-0.1, -0.05) is 13.8 Å². The van der Waals surface area contributed by atoms with Crippen LogP contribution in [0.25, 0.3) is 0 Å². The zero-order valence-corrected chi connectivity index (χ0v) is 8.18. The molecule has 12 heavy (non-hydrogen) atoms. The van der Waals surface area contributed by atoms with Crippen molar-refractivity contribution >= 4 is 5.91 Å². The van der Waals surface area contributed by atoms with Crippen molar-refractivity contribution in [2.75, 3.05) is 26.2 Å². The minimum atomic E-state index is 0.187. The zero-order chi connectivity index (χ0) is 9.19. The number of hydrogen-bond donors (Lipinski definition) is 1. The molecule has 0 spiro atoms. The highest BCUT2D eigenvalue weighted by atomic mass is 16.2. The molecule has 1 amide bonds. The Balaban J connectivity index is 2.60. The third kappa shape index (κ3) is 2.48.